The lowest BCUT2D eigenvalue weighted by atomic mass is 9.88. The molecule has 2 rings (SSSR count). The molecule has 1 saturated carbocycles. The first-order valence-corrected chi connectivity index (χ1v) is 7.38. The van der Waals surface area contributed by atoms with Crippen LogP contribution in [0.15, 0.2) is 18.3 Å². The van der Waals surface area contributed by atoms with Gasteiger partial charge < -0.3 is 10.4 Å². The van der Waals surface area contributed by atoms with Gasteiger partial charge in [-0.25, -0.2) is 4.98 Å². The molecule has 0 saturated heterocycles. The largest absolute Gasteiger partial charge is 0.391 e. The third kappa shape index (κ3) is 3.93. The summed E-state index contributed by atoms with van der Waals surface area (Å²) < 4.78 is 0. The summed E-state index contributed by atoms with van der Waals surface area (Å²) in [6.45, 7) is 6.56. The maximum atomic E-state index is 10.1. The van der Waals surface area contributed by atoms with Crippen LogP contribution in [0.3, 0.4) is 0 Å². The molecule has 0 bridgehead atoms. The smallest absolute Gasteiger partial charge is 0.126 e. The highest BCUT2D eigenvalue weighted by Gasteiger charge is 2.22. The van der Waals surface area contributed by atoms with Gasteiger partial charge in [-0.1, -0.05) is 46.1 Å². The monoisotopic (exact) mass is 262 g/mol. The van der Waals surface area contributed by atoms with Gasteiger partial charge in [-0.3, -0.25) is 0 Å². The third-order valence-corrected chi connectivity index (χ3v) is 3.94. The fraction of sp³-hybridized carbons (Fsp3) is 0.688. The minimum Gasteiger partial charge on any atom is -0.391 e. The molecule has 0 amide bonds. The molecule has 1 aliphatic carbocycles. The first-order valence-electron chi connectivity index (χ1n) is 7.38. The van der Waals surface area contributed by atoms with Crippen molar-refractivity contribution in [3.05, 3.63) is 23.9 Å². The fourth-order valence-electron chi connectivity index (χ4n) is 2.57. The zero-order valence-electron chi connectivity index (χ0n) is 12.3. The Bertz CT molecular complexity index is 394. The molecule has 2 atom stereocenters. The lowest BCUT2D eigenvalue weighted by Crippen LogP contribution is -2.32. The molecule has 3 nitrogen and oxygen atoms in total. The minimum atomic E-state index is -0.244. The first-order chi connectivity index (χ1) is 8.97. The number of aliphatic hydroxyl groups is 1. The van der Waals surface area contributed by atoms with Gasteiger partial charge in [0.15, 0.2) is 0 Å². The van der Waals surface area contributed by atoms with E-state index < -0.39 is 0 Å². The van der Waals surface area contributed by atoms with Gasteiger partial charge in [0.1, 0.15) is 5.82 Å². The van der Waals surface area contributed by atoms with E-state index in [2.05, 4.69) is 37.1 Å². The molecule has 2 N–H and O–H groups in total. The van der Waals surface area contributed by atoms with Crippen LogP contribution in [0.25, 0.3) is 0 Å². The van der Waals surface area contributed by atoms with E-state index in [9.17, 15) is 5.11 Å². The van der Waals surface area contributed by atoms with Crippen molar-refractivity contribution in [2.45, 2.75) is 70.4 Å². The molecule has 1 aromatic heterocycles. The molecular weight excluding hydrogens is 236 g/mol. The molecule has 0 aromatic carbocycles. The molecule has 1 aromatic rings. The summed E-state index contributed by atoms with van der Waals surface area (Å²) in [6.07, 6.45) is 7.18. The minimum absolute atomic E-state index is 0.132. The van der Waals surface area contributed by atoms with Gasteiger partial charge in [-0.05, 0) is 29.9 Å². The van der Waals surface area contributed by atoms with Gasteiger partial charge in [0, 0.05) is 6.20 Å². The summed E-state index contributed by atoms with van der Waals surface area (Å²) in [5.41, 5.74) is 1.37. The van der Waals surface area contributed by atoms with Crippen LogP contribution in [0.1, 0.15) is 58.4 Å². The number of hydrogen-bond donors (Lipinski definition) is 2. The van der Waals surface area contributed by atoms with Crippen molar-refractivity contribution in [3.8, 4) is 0 Å². The van der Waals surface area contributed by atoms with E-state index in [1.54, 1.807) is 0 Å². The van der Waals surface area contributed by atoms with E-state index in [0.29, 0.717) is 0 Å². The first kappa shape index (κ1) is 14.3. The maximum Gasteiger partial charge on any atom is 0.126 e. The second kappa shape index (κ2) is 5.91. The van der Waals surface area contributed by atoms with Crippen LogP contribution in [0.5, 0.6) is 0 Å². The lowest BCUT2D eigenvalue weighted by Gasteiger charge is -2.23. The van der Waals surface area contributed by atoms with Gasteiger partial charge in [-0.15, -0.1) is 0 Å². The summed E-state index contributed by atoms with van der Waals surface area (Å²) in [5, 5.41) is 13.5. The molecule has 0 radical (unpaired) electrons. The Morgan fingerprint density at radius 1 is 1.16 bits per heavy atom. The van der Waals surface area contributed by atoms with Crippen LogP contribution < -0.4 is 5.32 Å². The highest BCUT2D eigenvalue weighted by molar-refractivity contribution is 5.38. The second-order valence-corrected chi connectivity index (χ2v) is 6.64. The summed E-state index contributed by atoms with van der Waals surface area (Å²) in [6, 6.07) is 4.30. The van der Waals surface area contributed by atoms with Crippen molar-refractivity contribution in [3.63, 3.8) is 0 Å². The number of rotatable bonds is 2. The van der Waals surface area contributed by atoms with Crippen LogP contribution in [0, 0.1) is 0 Å². The number of anilines is 1. The number of pyridine rings is 1. The van der Waals surface area contributed by atoms with Gasteiger partial charge in [0.2, 0.25) is 0 Å². The van der Waals surface area contributed by atoms with E-state index in [1.165, 1.54) is 18.4 Å². The van der Waals surface area contributed by atoms with Crippen molar-refractivity contribution < 1.29 is 5.11 Å². The molecule has 3 heteroatoms. The topological polar surface area (TPSA) is 45.1 Å². The molecule has 0 aliphatic heterocycles. The molecular formula is C16H26N2O. The normalized spacial score (nSPS) is 24.8. The van der Waals surface area contributed by atoms with E-state index >= 15 is 0 Å². The lowest BCUT2D eigenvalue weighted by molar-refractivity contribution is 0.144. The Labute approximate surface area is 116 Å². The number of hydrogen-bond acceptors (Lipinski definition) is 3. The molecule has 19 heavy (non-hydrogen) atoms. The number of aromatic nitrogens is 1. The number of aliphatic hydroxyl groups excluding tert-OH is 1. The van der Waals surface area contributed by atoms with Gasteiger partial charge in [0.25, 0.3) is 0 Å². The summed E-state index contributed by atoms with van der Waals surface area (Å²) in [4.78, 5) is 4.48. The highest BCUT2D eigenvalue weighted by Crippen LogP contribution is 2.24. The Balaban J connectivity index is 2.02. The van der Waals surface area contributed by atoms with Crippen LogP contribution in [0.2, 0.25) is 0 Å². The van der Waals surface area contributed by atoms with E-state index in [4.69, 9.17) is 0 Å². The Morgan fingerprint density at radius 3 is 2.53 bits per heavy atom. The number of nitrogens with one attached hydrogen (secondary N) is 1. The molecule has 1 aliphatic rings. The SMILES string of the molecule is CC(C)(C)c1ccc(NC2CCCCCC2O)nc1. The van der Waals surface area contributed by atoms with Crippen LogP contribution in [-0.4, -0.2) is 22.2 Å². The zero-order chi connectivity index (χ0) is 13.9. The van der Waals surface area contributed by atoms with Crippen molar-refractivity contribution in [2.24, 2.45) is 0 Å². The molecule has 0 spiro atoms. The average Bonchev–Trinajstić information content (AvgIpc) is 2.55. The molecule has 106 valence electrons. The Morgan fingerprint density at radius 2 is 1.89 bits per heavy atom. The Hall–Kier alpha value is -1.09. The summed E-state index contributed by atoms with van der Waals surface area (Å²) in [7, 11) is 0. The van der Waals surface area contributed by atoms with Crippen LogP contribution in [-0.2, 0) is 5.41 Å². The van der Waals surface area contributed by atoms with Gasteiger partial charge in [-0.2, -0.15) is 0 Å². The van der Waals surface area contributed by atoms with Crippen LogP contribution in [0.4, 0.5) is 5.82 Å². The standard InChI is InChI=1S/C16H26N2O/c1-16(2,3)12-9-10-15(17-11-12)18-13-7-5-4-6-8-14(13)19/h9-11,13-14,19H,4-8H2,1-3H3,(H,17,18). The zero-order valence-corrected chi connectivity index (χ0v) is 12.3. The maximum absolute atomic E-state index is 10.1. The highest BCUT2D eigenvalue weighted by atomic mass is 16.3. The van der Waals surface area contributed by atoms with Gasteiger partial charge >= 0.3 is 0 Å². The van der Waals surface area contributed by atoms with Crippen molar-refractivity contribution >= 4 is 5.82 Å². The van der Waals surface area contributed by atoms with E-state index in [1.807, 2.05) is 12.3 Å². The average molecular weight is 262 g/mol. The second-order valence-electron chi connectivity index (χ2n) is 6.64. The van der Waals surface area contributed by atoms with E-state index in [0.717, 1.165) is 25.1 Å². The quantitative estimate of drug-likeness (QED) is 0.802. The van der Waals surface area contributed by atoms with Crippen molar-refractivity contribution in [1.29, 1.82) is 0 Å². The predicted octanol–water partition coefficient (Wildman–Crippen LogP) is 3.48. The third-order valence-electron chi connectivity index (χ3n) is 3.94. The fourth-order valence-corrected chi connectivity index (χ4v) is 2.57. The molecule has 1 heterocycles. The van der Waals surface area contributed by atoms with E-state index in [-0.39, 0.29) is 17.6 Å². The number of nitrogens with zero attached hydrogens (tertiary/aromatic N) is 1. The summed E-state index contributed by atoms with van der Waals surface area (Å²) >= 11 is 0. The van der Waals surface area contributed by atoms with Gasteiger partial charge in [0.05, 0.1) is 12.1 Å². The molecule has 1 fully saturated rings. The molecule has 2 unspecified atom stereocenters. The summed E-state index contributed by atoms with van der Waals surface area (Å²) in [5.74, 6) is 0.874. The van der Waals surface area contributed by atoms with Crippen LogP contribution >= 0.6 is 0 Å². The van der Waals surface area contributed by atoms with Crippen molar-refractivity contribution in [1.82, 2.24) is 4.98 Å². The Kier molecular flexibility index (Phi) is 4.46. The van der Waals surface area contributed by atoms with Crippen molar-refractivity contribution in [2.75, 3.05) is 5.32 Å². The predicted molar refractivity (Wildman–Crippen MR) is 79.4 cm³/mol.